The van der Waals surface area contributed by atoms with Gasteiger partial charge in [0.1, 0.15) is 0 Å². The molecular formula is C22H30O4. The number of carboxylic acids is 1. The van der Waals surface area contributed by atoms with Crippen molar-refractivity contribution in [1.29, 1.82) is 0 Å². The van der Waals surface area contributed by atoms with Gasteiger partial charge >= 0.3 is 5.97 Å². The first-order valence-electron chi connectivity index (χ1n) is 8.91. The molecule has 0 aromatic rings. The minimum Gasteiger partial charge on any atom is -0.481 e. The molecule has 0 amide bonds. The lowest BCUT2D eigenvalue weighted by Gasteiger charge is -1.98. The highest BCUT2D eigenvalue weighted by Gasteiger charge is 1.94. The summed E-state index contributed by atoms with van der Waals surface area (Å²) in [7, 11) is 0. The summed E-state index contributed by atoms with van der Waals surface area (Å²) in [6.07, 6.45) is 20.6. The second kappa shape index (κ2) is 17.5. The molecule has 0 aliphatic heterocycles. The van der Waals surface area contributed by atoms with E-state index < -0.39 is 18.2 Å². The van der Waals surface area contributed by atoms with Gasteiger partial charge in [0.2, 0.25) is 0 Å². The number of aliphatic carboxylic acids is 1. The molecule has 26 heavy (non-hydrogen) atoms. The highest BCUT2D eigenvalue weighted by atomic mass is 16.4. The van der Waals surface area contributed by atoms with Crippen molar-refractivity contribution in [2.75, 3.05) is 0 Å². The lowest BCUT2D eigenvalue weighted by Crippen LogP contribution is -1.99. The molecule has 142 valence electrons. The zero-order chi connectivity index (χ0) is 19.5. The topological polar surface area (TPSA) is 77.8 Å². The van der Waals surface area contributed by atoms with Gasteiger partial charge < -0.3 is 15.3 Å². The third kappa shape index (κ3) is 18.0. The number of carbonyl (C=O) groups is 1. The van der Waals surface area contributed by atoms with Gasteiger partial charge in [0, 0.05) is 12.8 Å². The summed E-state index contributed by atoms with van der Waals surface area (Å²) in [4.78, 5) is 10.3. The number of hydrogen-bond donors (Lipinski definition) is 3. The van der Waals surface area contributed by atoms with Gasteiger partial charge in [-0.15, -0.1) is 11.8 Å². The Kier molecular flexibility index (Phi) is 15.9. The second-order valence-corrected chi connectivity index (χ2v) is 5.56. The molecule has 0 aromatic heterocycles. The molecule has 4 heteroatoms. The molecular weight excluding hydrogens is 328 g/mol. The maximum Gasteiger partial charge on any atom is 0.304 e. The van der Waals surface area contributed by atoms with Crippen LogP contribution in [0.5, 0.6) is 0 Å². The van der Waals surface area contributed by atoms with Crippen LogP contribution in [0.4, 0.5) is 0 Å². The molecule has 0 radical (unpaired) electrons. The van der Waals surface area contributed by atoms with Crippen LogP contribution in [0.1, 0.15) is 45.4 Å². The summed E-state index contributed by atoms with van der Waals surface area (Å²) in [6, 6.07) is 0. The van der Waals surface area contributed by atoms with Gasteiger partial charge in [-0.1, -0.05) is 67.7 Å². The van der Waals surface area contributed by atoms with Crippen LogP contribution in [0.25, 0.3) is 0 Å². The van der Waals surface area contributed by atoms with E-state index >= 15 is 0 Å². The summed E-state index contributed by atoms with van der Waals surface area (Å²) >= 11 is 0. The average Bonchev–Trinajstić information content (AvgIpc) is 2.60. The Morgan fingerprint density at radius 1 is 0.923 bits per heavy atom. The van der Waals surface area contributed by atoms with Gasteiger partial charge in [-0.2, -0.15) is 0 Å². The fourth-order valence-corrected chi connectivity index (χ4v) is 1.76. The van der Waals surface area contributed by atoms with Crippen LogP contribution in [-0.4, -0.2) is 33.5 Å². The van der Waals surface area contributed by atoms with Crippen LogP contribution in [0, 0.1) is 11.8 Å². The van der Waals surface area contributed by atoms with Crippen LogP contribution >= 0.6 is 0 Å². The molecule has 0 aliphatic carbocycles. The third-order valence-electron chi connectivity index (χ3n) is 3.11. The Bertz CT molecular complexity index is 571. The van der Waals surface area contributed by atoms with Crippen molar-refractivity contribution in [3.63, 3.8) is 0 Å². The largest absolute Gasteiger partial charge is 0.481 e. The molecule has 3 N–H and O–H groups in total. The second-order valence-electron chi connectivity index (χ2n) is 5.56. The van der Waals surface area contributed by atoms with Crippen molar-refractivity contribution in [1.82, 2.24) is 0 Å². The van der Waals surface area contributed by atoms with E-state index in [4.69, 9.17) is 5.11 Å². The molecule has 2 atom stereocenters. The third-order valence-corrected chi connectivity index (χ3v) is 3.11. The van der Waals surface area contributed by atoms with E-state index in [2.05, 4.69) is 18.8 Å². The van der Waals surface area contributed by atoms with E-state index in [1.165, 1.54) is 0 Å². The molecule has 4 nitrogen and oxygen atoms in total. The van der Waals surface area contributed by atoms with Gasteiger partial charge in [-0.05, 0) is 19.3 Å². The maximum absolute atomic E-state index is 10.3. The molecule has 0 unspecified atom stereocenters. The maximum atomic E-state index is 10.3. The molecule has 0 aromatic carbocycles. The van der Waals surface area contributed by atoms with E-state index in [0.717, 1.165) is 12.8 Å². The van der Waals surface area contributed by atoms with Crippen LogP contribution in [0.15, 0.2) is 60.8 Å². The van der Waals surface area contributed by atoms with E-state index in [9.17, 15) is 15.0 Å². The number of allylic oxidation sites excluding steroid dienone is 7. The summed E-state index contributed by atoms with van der Waals surface area (Å²) in [6.45, 7) is 2.06. The van der Waals surface area contributed by atoms with Crippen molar-refractivity contribution < 1.29 is 20.1 Å². The summed E-state index contributed by atoms with van der Waals surface area (Å²) in [5, 5.41) is 27.8. The Hall–Kier alpha value is -2.35. The van der Waals surface area contributed by atoms with Crippen LogP contribution in [0.2, 0.25) is 0 Å². The number of rotatable bonds is 12. The van der Waals surface area contributed by atoms with E-state index in [0.29, 0.717) is 19.3 Å². The smallest absolute Gasteiger partial charge is 0.304 e. The highest BCUT2D eigenvalue weighted by Crippen LogP contribution is 1.98. The molecule has 0 saturated carbocycles. The van der Waals surface area contributed by atoms with Crippen molar-refractivity contribution >= 4 is 5.97 Å². The van der Waals surface area contributed by atoms with Gasteiger partial charge in [0.15, 0.2) is 0 Å². The Morgan fingerprint density at radius 2 is 1.58 bits per heavy atom. The van der Waals surface area contributed by atoms with Crippen LogP contribution in [0.3, 0.4) is 0 Å². The fraction of sp³-hybridized carbons (Fsp3) is 0.409. The van der Waals surface area contributed by atoms with Crippen molar-refractivity contribution in [3.8, 4) is 11.8 Å². The molecule has 0 aliphatic rings. The lowest BCUT2D eigenvalue weighted by molar-refractivity contribution is -0.136. The zero-order valence-corrected chi connectivity index (χ0v) is 15.4. The number of carboxylic acid groups (broad SMARTS) is 1. The molecule has 0 saturated heterocycles. The Labute approximate surface area is 156 Å². The van der Waals surface area contributed by atoms with Crippen LogP contribution in [-0.2, 0) is 4.79 Å². The molecule has 0 heterocycles. The van der Waals surface area contributed by atoms with Crippen LogP contribution < -0.4 is 0 Å². The van der Waals surface area contributed by atoms with Gasteiger partial charge in [-0.25, -0.2) is 0 Å². The number of hydrogen-bond acceptors (Lipinski definition) is 3. The first-order chi connectivity index (χ1) is 12.6. The standard InChI is InChI=1S/C22H30O4/c1-2-3-10-15-20(23)16-11-7-5-4-6-8-12-17-21(24)18-13-9-14-19-22(25)26/h3,5-8,10-12,16-17,20-21,23-24H,2,4,14-15,18-19H2,1H3,(H,25,26)/t20-,21+/m0/s1. The van der Waals surface area contributed by atoms with E-state index in [1.807, 2.05) is 42.5 Å². The van der Waals surface area contributed by atoms with Crippen molar-refractivity contribution in [2.24, 2.45) is 0 Å². The minimum absolute atomic E-state index is 0.0270. The molecule has 0 fully saturated rings. The number of aliphatic hydroxyl groups excluding tert-OH is 2. The monoisotopic (exact) mass is 358 g/mol. The fourth-order valence-electron chi connectivity index (χ4n) is 1.76. The van der Waals surface area contributed by atoms with Gasteiger partial charge in [-0.3, -0.25) is 4.79 Å². The van der Waals surface area contributed by atoms with Crippen molar-refractivity contribution in [3.05, 3.63) is 60.8 Å². The van der Waals surface area contributed by atoms with Gasteiger partial charge in [0.05, 0.1) is 18.6 Å². The molecule has 0 rings (SSSR count). The van der Waals surface area contributed by atoms with E-state index in [1.54, 1.807) is 18.2 Å². The lowest BCUT2D eigenvalue weighted by atomic mass is 10.2. The SMILES string of the molecule is CCC=CC[C@H](O)C=CC=CCC=CC=C[C@@H](O)CC#CCCC(=O)O. The highest BCUT2D eigenvalue weighted by molar-refractivity contribution is 5.66. The quantitative estimate of drug-likeness (QED) is 0.280. The predicted octanol–water partition coefficient (Wildman–Crippen LogP) is 3.94. The summed E-state index contributed by atoms with van der Waals surface area (Å²) in [5.74, 6) is 4.61. The minimum atomic E-state index is -0.866. The molecule has 0 bridgehead atoms. The van der Waals surface area contributed by atoms with Gasteiger partial charge in [0.25, 0.3) is 0 Å². The summed E-state index contributed by atoms with van der Waals surface area (Å²) < 4.78 is 0. The Morgan fingerprint density at radius 3 is 2.19 bits per heavy atom. The summed E-state index contributed by atoms with van der Waals surface area (Å²) in [5.41, 5.74) is 0. The average molecular weight is 358 g/mol. The normalized spacial score (nSPS) is 14.6. The van der Waals surface area contributed by atoms with Crippen molar-refractivity contribution in [2.45, 2.75) is 57.7 Å². The first kappa shape index (κ1) is 23.6. The predicted molar refractivity (Wildman–Crippen MR) is 107 cm³/mol. The molecule has 0 spiro atoms. The Balaban J connectivity index is 3.88. The number of aliphatic hydroxyl groups is 2. The zero-order valence-electron chi connectivity index (χ0n) is 15.4. The van der Waals surface area contributed by atoms with E-state index in [-0.39, 0.29) is 6.42 Å². The first-order valence-corrected chi connectivity index (χ1v) is 8.91.